The molecule has 1 saturated heterocycles. The Kier molecular flexibility index (Phi) is 5.42. The van der Waals surface area contributed by atoms with Crippen LogP contribution in [0.4, 0.5) is 0 Å². The smallest absolute Gasteiger partial charge is 0.204 e. The lowest BCUT2D eigenvalue weighted by Gasteiger charge is -2.29. The minimum atomic E-state index is -1.83. The number of ketones is 1. The Hall–Kier alpha value is -2.31. The normalized spacial score (nSPS) is 14.9. The fourth-order valence-electron chi connectivity index (χ4n) is 3.46. The predicted octanol–water partition coefficient (Wildman–Crippen LogP) is 4.61. The van der Waals surface area contributed by atoms with Gasteiger partial charge in [-0.1, -0.05) is 76.6 Å². The molecule has 0 saturated carbocycles. The second-order valence-electron chi connectivity index (χ2n) is 6.58. The van der Waals surface area contributed by atoms with Crippen molar-refractivity contribution in [3.05, 3.63) is 106 Å². The van der Waals surface area contributed by atoms with E-state index in [4.69, 9.17) is 9.47 Å². The van der Waals surface area contributed by atoms with E-state index in [-0.39, 0.29) is 0 Å². The van der Waals surface area contributed by atoms with E-state index in [1.807, 2.05) is 36.4 Å². The fraction of sp³-hybridized carbons (Fsp3) is 0.174. The van der Waals surface area contributed by atoms with Gasteiger partial charge in [0.25, 0.3) is 0 Å². The topological polar surface area (TPSA) is 55.8 Å². The summed E-state index contributed by atoms with van der Waals surface area (Å²) in [6, 6.07) is 23.2. The Morgan fingerprint density at radius 1 is 0.893 bits per heavy atom. The van der Waals surface area contributed by atoms with E-state index in [0.29, 0.717) is 35.5 Å². The summed E-state index contributed by atoms with van der Waals surface area (Å²) < 4.78 is 12.1. The first kappa shape index (κ1) is 19.0. The van der Waals surface area contributed by atoms with Gasteiger partial charge < -0.3 is 14.6 Å². The van der Waals surface area contributed by atoms with Crippen LogP contribution in [0.5, 0.6) is 0 Å². The van der Waals surface area contributed by atoms with Crippen molar-refractivity contribution in [3.63, 3.8) is 0 Å². The van der Waals surface area contributed by atoms with Gasteiger partial charge in [-0.25, -0.2) is 0 Å². The molecule has 1 aliphatic rings. The summed E-state index contributed by atoms with van der Waals surface area (Å²) in [5.41, 5.74) is 0.151. The lowest BCUT2D eigenvalue weighted by atomic mass is 9.79. The third-order valence-electron chi connectivity index (χ3n) is 4.85. The van der Waals surface area contributed by atoms with Gasteiger partial charge in [-0.3, -0.25) is 4.79 Å². The van der Waals surface area contributed by atoms with Crippen LogP contribution in [0.1, 0.15) is 33.3 Å². The first-order chi connectivity index (χ1) is 13.6. The number of hydrogen-bond donors (Lipinski definition) is 1. The van der Waals surface area contributed by atoms with Crippen LogP contribution in [0.3, 0.4) is 0 Å². The second-order valence-corrected chi connectivity index (χ2v) is 7.49. The number of Topliss-reactive ketones (excluding diaryl/α,β-unsaturated/α-hetero) is 1. The third-order valence-corrected chi connectivity index (χ3v) is 5.34. The second kappa shape index (κ2) is 7.97. The summed E-state index contributed by atoms with van der Waals surface area (Å²) in [5.74, 6) is -0.425. The molecule has 0 aromatic heterocycles. The van der Waals surface area contributed by atoms with Crippen molar-refractivity contribution in [1.82, 2.24) is 0 Å². The van der Waals surface area contributed by atoms with Crippen LogP contribution in [-0.2, 0) is 15.1 Å². The van der Waals surface area contributed by atoms with Gasteiger partial charge in [-0.05, 0) is 29.3 Å². The van der Waals surface area contributed by atoms with Crippen molar-refractivity contribution in [1.29, 1.82) is 0 Å². The van der Waals surface area contributed by atoms with Crippen LogP contribution >= 0.6 is 15.9 Å². The summed E-state index contributed by atoms with van der Waals surface area (Å²) in [7, 11) is 0. The summed E-state index contributed by atoms with van der Waals surface area (Å²) in [4.78, 5) is 13.8. The molecule has 0 bridgehead atoms. The quantitative estimate of drug-likeness (QED) is 0.590. The van der Waals surface area contributed by atoms with E-state index in [1.54, 1.807) is 42.5 Å². The molecule has 0 amide bonds. The third kappa shape index (κ3) is 3.42. The van der Waals surface area contributed by atoms with E-state index in [1.165, 1.54) is 0 Å². The number of carbonyl (C=O) groups excluding carboxylic acids is 1. The minimum absolute atomic E-state index is 0.366. The van der Waals surface area contributed by atoms with Crippen molar-refractivity contribution in [2.75, 3.05) is 13.2 Å². The zero-order valence-corrected chi connectivity index (χ0v) is 16.6. The SMILES string of the molecule is O=C(c1ccc(Br)cc1C1OCCO1)C(O)(c1ccccc1)c1ccccc1. The molecule has 0 unspecified atom stereocenters. The molecule has 0 atom stereocenters. The lowest BCUT2D eigenvalue weighted by molar-refractivity contribution is -0.0448. The molecule has 1 aliphatic heterocycles. The molecule has 1 N–H and O–H groups in total. The summed E-state index contributed by atoms with van der Waals surface area (Å²) in [5, 5.41) is 11.8. The lowest BCUT2D eigenvalue weighted by Crippen LogP contribution is -2.37. The van der Waals surface area contributed by atoms with Gasteiger partial charge in [0.05, 0.1) is 13.2 Å². The van der Waals surface area contributed by atoms with E-state index in [2.05, 4.69) is 15.9 Å². The number of hydrogen-bond acceptors (Lipinski definition) is 4. The largest absolute Gasteiger partial charge is 0.373 e. The molecule has 1 fully saturated rings. The molecule has 4 nitrogen and oxygen atoms in total. The molecule has 0 spiro atoms. The summed E-state index contributed by atoms with van der Waals surface area (Å²) in [6.07, 6.45) is -0.632. The van der Waals surface area contributed by atoms with Gasteiger partial charge in [0.1, 0.15) is 0 Å². The maximum absolute atomic E-state index is 13.8. The maximum Gasteiger partial charge on any atom is 0.204 e. The number of rotatable bonds is 5. The van der Waals surface area contributed by atoms with Crippen LogP contribution in [-0.4, -0.2) is 24.1 Å². The number of ether oxygens (including phenoxy) is 2. The highest BCUT2D eigenvalue weighted by atomic mass is 79.9. The summed E-state index contributed by atoms with van der Waals surface area (Å²) >= 11 is 3.45. The predicted molar refractivity (Wildman–Crippen MR) is 109 cm³/mol. The summed E-state index contributed by atoms with van der Waals surface area (Å²) in [6.45, 7) is 0.929. The Morgan fingerprint density at radius 3 is 1.96 bits per heavy atom. The zero-order valence-electron chi connectivity index (χ0n) is 15.0. The van der Waals surface area contributed by atoms with Gasteiger partial charge in [0.15, 0.2) is 11.9 Å². The Bertz CT molecular complexity index is 927. The number of benzene rings is 3. The molecule has 3 aromatic rings. The van der Waals surface area contributed by atoms with E-state index < -0.39 is 17.7 Å². The van der Waals surface area contributed by atoms with Crippen molar-refractivity contribution < 1.29 is 19.4 Å². The van der Waals surface area contributed by atoms with Gasteiger partial charge in [0.2, 0.25) is 5.78 Å². The van der Waals surface area contributed by atoms with Crippen molar-refractivity contribution >= 4 is 21.7 Å². The van der Waals surface area contributed by atoms with Crippen molar-refractivity contribution in [3.8, 4) is 0 Å². The van der Waals surface area contributed by atoms with Crippen LogP contribution in [0.15, 0.2) is 83.3 Å². The Labute approximate surface area is 171 Å². The average molecular weight is 439 g/mol. The van der Waals surface area contributed by atoms with Crippen molar-refractivity contribution in [2.45, 2.75) is 11.9 Å². The van der Waals surface area contributed by atoms with E-state index in [0.717, 1.165) is 4.47 Å². The monoisotopic (exact) mass is 438 g/mol. The first-order valence-corrected chi connectivity index (χ1v) is 9.81. The van der Waals surface area contributed by atoms with Gasteiger partial charge in [0, 0.05) is 15.6 Å². The zero-order chi connectivity index (χ0) is 19.6. The van der Waals surface area contributed by atoms with Gasteiger partial charge in [-0.15, -0.1) is 0 Å². The Morgan fingerprint density at radius 2 is 1.43 bits per heavy atom. The van der Waals surface area contributed by atoms with E-state index in [9.17, 15) is 9.90 Å². The number of aliphatic hydroxyl groups is 1. The van der Waals surface area contributed by atoms with Crippen LogP contribution in [0.25, 0.3) is 0 Å². The average Bonchev–Trinajstić information content (AvgIpc) is 3.29. The van der Waals surface area contributed by atoms with E-state index >= 15 is 0 Å². The highest BCUT2D eigenvalue weighted by Crippen LogP contribution is 2.37. The van der Waals surface area contributed by atoms with Crippen LogP contribution < -0.4 is 0 Å². The van der Waals surface area contributed by atoms with Gasteiger partial charge in [-0.2, -0.15) is 0 Å². The van der Waals surface area contributed by atoms with Crippen LogP contribution in [0.2, 0.25) is 0 Å². The minimum Gasteiger partial charge on any atom is -0.373 e. The molecule has 0 radical (unpaired) electrons. The molecule has 5 heteroatoms. The molecule has 28 heavy (non-hydrogen) atoms. The molecular formula is C23H19BrO4. The molecule has 0 aliphatic carbocycles. The molecule has 1 heterocycles. The molecule has 3 aromatic carbocycles. The van der Waals surface area contributed by atoms with Crippen molar-refractivity contribution in [2.24, 2.45) is 0 Å². The first-order valence-electron chi connectivity index (χ1n) is 9.01. The van der Waals surface area contributed by atoms with Crippen LogP contribution in [0, 0.1) is 0 Å². The number of halogens is 1. The maximum atomic E-state index is 13.8. The molecular weight excluding hydrogens is 420 g/mol. The van der Waals surface area contributed by atoms with Gasteiger partial charge >= 0.3 is 0 Å². The fourth-order valence-corrected chi connectivity index (χ4v) is 3.83. The molecule has 142 valence electrons. The highest BCUT2D eigenvalue weighted by Gasteiger charge is 2.42. The molecule has 4 rings (SSSR count). The highest BCUT2D eigenvalue weighted by molar-refractivity contribution is 9.10. The standard InChI is InChI=1S/C23H19BrO4/c24-18-11-12-19(20(15-18)22-27-13-14-28-22)21(25)23(26,16-7-3-1-4-8-16)17-9-5-2-6-10-17/h1-12,15,22,26H,13-14H2. The number of carbonyl (C=O) groups is 1. The Balaban J connectivity index is 1.88.